The van der Waals surface area contributed by atoms with Gasteiger partial charge in [0.25, 0.3) is 0 Å². The van der Waals surface area contributed by atoms with Crippen molar-refractivity contribution in [3.63, 3.8) is 0 Å². The molecule has 17 heavy (non-hydrogen) atoms. The quantitative estimate of drug-likeness (QED) is 0.787. The molecule has 1 aliphatic rings. The van der Waals surface area contributed by atoms with Gasteiger partial charge >= 0.3 is 6.18 Å². The van der Waals surface area contributed by atoms with E-state index in [-0.39, 0.29) is 18.9 Å². The first-order valence-electron chi connectivity index (χ1n) is 6.34. The van der Waals surface area contributed by atoms with Crippen LogP contribution >= 0.6 is 0 Å². The van der Waals surface area contributed by atoms with Crippen LogP contribution in [0.1, 0.15) is 51.4 Å². The summed E-state index contributed by atoms with van der Waals surface area (Å²) >= 11 is 0. The fourth-order valence-electron chi connectivity index (χ4n) is 2.10. The fraction of sp³-hybridized carbons (Fsp3) is 1.00. The molecule has 0 amide bonds. The second-order valence-electron chi connectivity index (χ2n) is 4.73. The van der Waals surface area contributed by atoms with Crippen LogP contribution in [0, 0.1) is 0 Å². The number of alkyl halides is 3. The number of rotatable bonds is 6. The molecule has 2 atom stereocenters. The molecule has 1 saturated heterocycles. The number of halogens is 3. The van der Waals surface area contributed by atoms with Crippen LogP contribution in [0.25, 0.3) is 0 Å². The van der Waals surface area contributed by atoms with Gasteiger partial charge in [0.1, 0.15) is 0 Å². The standard InChI is InChI=1S/C12H21F3O2/c13-12(14,15)8-3-4-10(16)6-7-11-5-1-2-9-17-11/h10-11,16H,1-9H2. The second-order valence-corrected chi connectivity index (χ2v) is 4.73. The van der Waals surface area contributed by atoms with E-state index in [1.165, 1.54) is 0 Å². The van der Waals surface area contributed by atoms with Crippen molar-refractivity contribution in [2.45, 2.75) is 69.8 Å². The molecule has 5 heteroatoms. The molecule has 0 aromatic heterocycles. The molecule has 0 radical (unpaired) electrons. The zero-order valence-electron chi connectivity index (χ0n) is 10.0. The van der Waals surface area contributed by atoms with Gasteiger partial charge in [0.15, 0.2) is 0 Å². The normalized spacial score (nSPS) is 23.6. The lowest BCUT2D eigenvalue weighted by Crippen LogP contribution is -2.21. The van der Waals surface area contributed by atoms with E-state index in [1.54, 1.807) is 0 Å². The van der Waals surface area contributed by atoms with Gasteiger partial charge in [-0.2, -0.15) is 13.2 Å². The zero-order chi connectivity index (χ0) is 12.7. The highest BCUT2D eigenvalue weighted by molar-refractivity contribution is 4.67. The number of hydrogen-bond donors (Lipinski definition) is 1. The Morgan fingerprint density at radius 2 is 2.00 bits per heavy atom. The lowest BCUT2D eigenvalue weighted by Gasteiger charge is -2.23. The van der Waals surface area contributed by atoms with Gasteiger partial charge in [-0.05, 0) is 44.9 Å². The maximum Gasteiger partial charge on any atom is 0.389 e. The highest BCUT2D eigenvalue weighted by atomic mass is 19.4. The molecule has 1 N–H and O–H groups in total. The minimum absolute atomic E-state index is 0.0101. The molecule has 2 unspecified atom stereocenters. The van der Waals surface area contributed by atoms with Gasteiger partial charge in [0.05, 0.1) is 12.2 Å². The van der Waals surface area contributed by atoms with Crippen molar-refractivity contribution in [3.8, 4) is 0 Å². The van der Waals surface area contributed by atoms with Gasteiger partial charge in [-0.1, -0.05) is 0 Å². The minimum Gasteiger partial charge on any atom is -0.393 e. The SMILES string of the molecule is OC(CCCC(F)(F)F)CCC1CCCCO1. The average molecular weight is 254 g/mol. The number of hydrogen-bond acceptors (Lipinski definition) is 2. The third kappa shape index (κ3) is 7.60. The van der Waals surface area contributed by atoms with Crippen molar-refractivity contribution in [2.75, 3.05) is 6.61 Å². The first-order valence-corrected chi connectivity index (χ1v) is 6.34. The molecule has 0 aliphatic carbocycles. The smallest absolute Gasteiger partial charge is 0.389 e. The average Bonchev–Trinajstić information content (AvgIpc) is 2.26. The van der Waals surface area contributed by atoms with Crippen molar-refractivity contribution in [1.29, 1.82) is 0 Å². The molecule has 1 fully saturated rings. The number of aliphatic hydroxyl groups is 1. The van der Waals surface area contributed by atoms with Crippen molar-refractivity contribution in [2.24, 2.45) is 0 Å². The predicted octanol–water partition coefficient (Wildman–Crippen LogP) is 3.43. The Kier molecular flexibility index (Phi) is 6.27. The summed E-state index contributed by atoms with van der Waals surface area (Å²) in [5, 5.41) is 9.55. The van der Waals surface area contributed by atoms with E-state index in [9.17, 15) is 18.3 Å². The van der Waals surface area contributed by atoms with Gasteiger partial charge in [0, 0.05) is 13.0 Å². The molecule has 0 aromatic rings. The molecular weight excluding hydrogens is 233 g/mol. The summed E-state index contributed by atoms with van der Waals surface area (Å²) in [5.41, 5.74) is 0. The molecule has 0 bridgehead atoms. The first-order chi connectivity index (χ1) is 7.97. The number of ether oxygens (including phenoxy) is 1. The number of aliphatic hydroxyl groups excluding tert-OH is 1. The maximum atomic E-state index is 11.9. The Bertz CT molecular complexity index is 200. The Balaban J connectivity index is 2.02. The minimum atomic E-state index is -4.10. The summed E-state index contributed by atoms with van der Waals surface area (Å²) in [7, 11) is 0. The highest BCUT2D eigenvalue weighted by Gasteiger charge is 2.26. The molecule has 0 aromatic carbocycles. The van der Waals surface area contributed by atoms with Gasteiger partial charge in [-0.25, -0.2) is 0 Å². The van der Waals surface area contributed by atoms with E-state index in [4.69, 9.17) is 4.74 Å². The Morgan fingerprint density at radius 3 is 2.59 bits per heavy atom. The highest BCUT2D eigenvalue weighted by Crippen LogP contribution is 2.24. The lowest BCUT2D eigenvalue weighted by molar-refractivity contribution is -0.136. The van der Waals surface area contributed by atoms with Gasteiger partial charge in [-0.3, -0.25) is 0 Å². The van der Waals surface area contributed by atoms with E-state index in [1.807, 2.05) is 0 Å². The third-order valence-corrected chi connectivity index (χ3v) is 3.09. The van der Waals surface area contributed by atoms with Crippen molar-refractivity contribution < 1.29 is 23.0 Å². The van der Waals surface area contributed by atoms with Gasteiger partial charge < -0.3 is 9.84 Å². The monoisotopic (exact) mass is 254 g/mol. The van der Waals surface area contributed by atoms with Crippen LogP contribution in [0.15, 0.2) is 0 Å². The van der Waals surface area contributed by atoms with Crippen LogP contribution in [-0.4, -0.2) is 30.1 Å². The molecule has 2 nitrogen and oxygen atoms in total. The Morgan fingerprint density at radius 1 is 1.24 bits per heavy atom. The summed E-state index contributed by atoms with van der Waals surface area (Å²) in [5.74, 6) is 0. The van der Waals surface area contributed by atoms with Crippen molar-refractivity contribution in [3.05, 3.63) is 0 Å². The molecule has 102 valence electrons. The van der Waals surface area contributed by atoms with Crippen LogP contribution in [0.5, 0.6) is 0 Å². The summed E-state index contributed by atoms with van der Waals surface area (Å²) in [6.45, 7) is 0.773. The topological polar surface area (TPSA) is 29.5 Å². The van der Waals surface area contributed by atoms with E-state index < -0.39 is 18.7 Å². The molecule has 1 heterocycles. The van der Waals surface area contributed by atoms with E-state index in [0.29, 0.717) is 6.42 Å². The predicted molar refractivity (Wildman–Crippen MR) is 58.7 cm³/mol. The summed E-state index contributed by atoms with van der Waals surface area (Å²) < 4.78 is 41.1. The van der Waals surface area contributed by atoms with Crippen LogP contribution in [0.3, 0.4) is 0 Å². The largest absolute Gasteiger partial charge is 0.393 e. The van der Waals surface area contributed by atoms with Crippen LogP contribution < -0.4 is 0 Å². The van der Waals surface area contributed by atoms with Crippen LogP contribution in [-0.2, 0) is 4.74 Å². The zero-order valence-corrected chi connectivity index (χ0v) is 10.0. The summed E-state index contributed by atoms with van der Waals surface area (Å²) in [6.07, 6.45) is -0.549. The van der Waals surface area contributed by atoms with E-state index >= 15 is 0 Å². The van der Waals surface area contributed by atoms with Crippen LogP contribution in [0.2, 0.25) is 0 Å². The lowest BCUT2D eigenvalue weighted by atomic mass is 10.0. The maximum absolute atomic E-state index is 11.9. The molecule has 1 rings (SSSR count). The molecular formula is C12H21F3O2. The van der Waals surface area contributed by atoms with E-state index in [0.717, 1.165) is 32.3 Å². The first kappa shape index (κ1) is 14.8. The van der Waals surface area contributed by atoms with Gasteiger partial charge in [-0.15, -0.1) is 0 Å². The second kappa shape index (κ2) is 7.21. The third-order valence-electron chi connectivity index (χ3n) is 3.09. The van der Waals surface area contributed by atoms with Crippen molar-refractivity contribution in [1.82, 2.24) is 0 Å². The van der Waals surface area contributed by atoms with Crippen molar-refractivity contribution >= 4 is 0 Å². The summed E-state index contributed by atoms with van der Waals surface area (Å²) in [6, 6.07) is 0. The van der Waals surface area contributed by atoms with Gasteiger partial charge in [0.2, 0.25) is 0 Å². The summed E-state index contributed by atoms with van der Waals surface area (Å²) in [4.78, 5) is 0. The van der Waals surface area contributed by atoms with Crippen LogP contribution in [0.4, 0.5) is 13.2 Å². The molecule has 0 spiro atoms. The van der Waals surface area contributed by atoms with E-state index in [2.05, 4.69) is 0 Å². The Labute approximate surface area is 100 Å². The fourth-order valence-corrected chi connectivity index (χ4v) is 2.10. The molecule has 0 saturated carbocycles. The molecule has 1 aliphatic heterocycles. The Hall–Kier alpha value is -0.290.